The number of carbonyl (C=O) groups excluding carboxylic acids is 1. The third-order valence-corrected chi connectivity index (χ3v) is 4.55. The molecule has 1 N–H and O–H groups in total. The Morgan fingerprint density at radius 2 is 1.95 bits per heavy atom. The van der Waals surface area contributed by atoms with Crippen LogP contribution in [0.1, 0.15) is 46.5 Å². The first-order valence-electron chi connectivity index (χ1n) is 7.71. The Kier molecular flexibility index (Phi) is 4.86. The Bertz CT molecular complexity index is 486. The van der Waals surface area contributed by atoms with Gasteiger partial charge in [0, 0.05) is 12.1 Å². The fraction of sp³-hybridized carbons (Fsp3) is 0.647. The highest BCUT2D eigenvalue weighted by Crippen LogP contribution is 2.40. The predicted molar refractivity (Wildman–Crippen MR) is 84.3 cm³/mol. The number of carbonyl (C=O) groups is 1. The Balaban J connectivity index is 1.94. The maximum Gasteiger partial charge on any atom is 0.228 e. The van der Waals surface area contributed by atoms with E-state index in [1.165, 1.54) is 0 Å². The van der Waals surface area contributed by atoms with Crippen LogP contribution in [0.2, 0.25) is 0 Å². The summed E-state index contributed by atoms with van der Waals surface area (Å²) in [4.78, 5) is 16.6. The molecular formula is C17H26N2O2. The first kappa shape index (κ1) is 15.8. The molecule has 0 spiro atoms. The molecule has 4 heteroatoms. The van der Waals surface area contributed by atoms with Crippen LogP contribution < -0.4 is 10.1 Å². The number of hydrogen-bond donors (Lipinski definition) is 1. The Morgan fingerprint density at radius 1 is 1.29 bits per heavy atom. The number of hydrogen-bond acceptors (Lipinski definition) is 3. The van der Waals surface area contributed by atoms with Gasteiger partial charge in [0.05, 0.1) is 7.11 Å². The van der Waals surface area contributed by atoms with Crippen molar-refractivity contribution in [2.45, 2.75) is 46.5 Å². The summed E-state index contributed by atoms with van der Waals surface area (Å²) in [6.45, 7) is 6.87. The summed E-state index contributed by atoms with van der Waals surface area (Å²) in [6, 6.07) is 3.60. The highest BCUT2D eigenvalue weighted by atomic mass is 16.5. The van der Waals surface area contributed by atoms with Crippen molar-refractivity contribution in [3.8, 4) is 5.75 Å². The van der Waals surface area contributed by atoms with Crippen LogP contribution in [0.15, 0.2) is 18.3 Å². The van der Waals surface area contributed by atoms with Gasteiger partial charge in [0.25, 0.3) is 0 Å². The van der Waals surface area contributed by atoms with Crippen molar-refractivity contribution in [2.24, 2.45) is 17.3 Å². The Hall–Kier alpha value is -1.58. The van der Waals surface area contributed by atoms with E-state index in [9.17, 15) is 4.79 Å². The summed E-state index contributed by atoms with van der Waals surface area (Å²) in [5.41, 5.74) is 0.339. The average molecular weight is 290 g/mol. The third kappa shape index (κ3) is 3.96. The fourth-order valence-electron chi connectivity index (χ4n) is 3.09. The summed E-state index contributed by atoms with van der Waals surface area (Å²) < 4.78 is 5.22. The van der Waals surface area contributed by atoms with Crippen LogP contribution in [0.4, 0.5) is 5.82 Å². The maximum atomic E-state index is 12.4. The van der Waals surface area contributed by atoms with E-state index in [1.807, 2.05) is 0 Å². The van der Waals surface area contributed by atoms with Gasteiger partial charge in [-0.25, -0.2) is 4.98 Å². The third-order valence-electron chi connectivity index (χ3n) is 4.55. The molecule has 1 saturated carbocycles. The molecule has 116 valence electrons. The molecule has 0 radical (unpaired) electrons. The zero-order valence-corrected chi connectivity index (χ0v) is 13.5. The first-order chi connectivity index (χ1) is 9.91. The van der Waals surface area contributed by atoms with Crippen molar-refractivity contribution in [1.82, 2.24) is 4.98 Å². The second-order valence-electron chi connectivity index (χ2n) is 6.96. The van der Waals surface area contributed by atoms with Crippen LogP contribution in [0.25, 0.3) is 0 Å². The molecule has 1 heterocycles. The molecule has 1 amide bonds. The summed E-state index contributed by atoms with van der Waals surface area (Å²) in [5, 5.41) is 2.91. The number of nitrogens with zero attached hydrogens (tertiary/aromatic N) is 1. The zero-order valence-electron chi connectivity index (χ0n) is 13.5. The van der Waals surface area contributed by atoms with Gasteiger partial charge in [-0.2, -0.15) is 0 Å². The lowest BCUT2D eigenvalue weighted by molar-refractivity contribution is -0.121. The van der Waals surface area contributed by atoms with Gasteiger partial charge >= 0.3 is 0 Å². The summed E-state index contributed by atoms with van der Waals surface area (Å²) in [7, 11) is 1.58. The smallest absolute Gasteiger partial charge is 0.228 e. The molecule has 1 fully saturated rings. The van der Waals surface area contributed by atoms with E-state index >= 15 is 0 Å². The van der Waals surface area contributed by atoms with Crippen molar-refractivity contribution in [2.75, 3.05) is 12.4 Å². The largest absolute Gasteiger partial charge is 0.493 e. The molecule has 4 nitrogen and oxygen atoms in total. The number of methoxy groups -OCH3 is 1. The summed E-state index contributed by atoms with van der Waals surface area (Å²) in [6.07, 6.45) is 5.84. The van der Waals surface area contributed by atoms with E-state index in [1.54, 1.807) is 25.4 Å². The number of ether oxygens (including phenoxy) is 1. The normalized spacial score (nSPS) is 22.7. The molecule has 0 saturated heterocycles. The average Bonchev–Trinajstić information content (AvgIpc) is 2.47. The lowest BCUT2D eigenvalue weighted by Crippen LogP contribution is -2.31. The SMILES string of the molecule is COc1cccnc1NC(=O)C1CCC(C(C)(C)C)CC1. The highest BCUT2D eigenvalue weighted by Gasteiger charge is 2.32. The van der Waals surface area contributed by atoms with Crippen LogP contribution in [-0.4, -0.2) is 18.0 Å². The van der Waals surface area contributed by atoms with Gasteiger partial charge in [-0.05, 0) is 49.1 Å². The summed E-state index contributed by atoms with van der Waals surface area (Å²) in [5.74, 6) is 2.00. The lowest BCUT2D eigenvalue weighted by Gasteiger charge is -2.36. The number of amides is 1. The zero-order chi connectivity index (χ0) is 15.5. The monoisotopic (exact) mass is 290 g/mol. The van der Waals surface area contributed by atoms with Gasteiger partial charge in [0.2, 0.25) is 5.91 Å². The molecule has 0 aliphatic heterocycles. The molecule has 2 rings (SSSR count). The lowest BCUT2D eigenvalue weighted by atomic mass is 9.69. The van der Waals surface area contributed by atoms with Crippen molar-refractivity contribution in [3.05, 3.63) is 18.3 Å². The van der Waals surface area contributed by atoms with E-state index in [0.717, 1.165) is 25.7 Å². The molecular weight excluding hydrogens is 264 g/mol. The van der Waals surface area contributed by atoms with Crippen molar-refractivity contribution < 1.29 is 9.53 Å². The van der Waals surface area contributed by atoms with E-state index in [2.05, 4.69) is 31.1 Å². The topological polar surface area (TPSA) is 51.2 Å². The van der Waals surface area contributed by atoms with Crippen molar-refractivity contribution in [1.29, 1.82) is 0 Å². The van der Waals surface area contributed by atoms with Crippen LogP contribution in [0, 0.1) is 17.3 Å². The Labute approximate surface area is 127 Å². The molecule has 0 bridgehead atoms. The highest BCUT2D eigenvalue weighted by molar-refractivity contribution is 5.92. The molecule has 1 aliphatic rings. The van der Waals surface area contributed by atoms with Gasteiger partial charge in [-0.15, -0.1) is 0 Å². The first-order valence-corrected chi connectivity index (χ1v) is 7.71. The fourth-order valence-corrected chi connectivity index (χ4v) is 3.09. The maximum absolute atomic E-state index is 12.4. The minimum atomic E-state index is 0.0689. The van der Waals surface area contributed by atoms with Crippen LogP contribution in [-0.2, 0) is 4.79 Å². The number of aromatic nitrogens is 1. The van der Waals surface area contributed by atoms with Crippen LogP contribution >= 0.6 is 0 Å². The minimum Gasteiger partial charge on any atom is -0.493 e. The second-order valence-corrected chi connectivity index (χ2v) is 6.96. The van der Waals surface area contributed by atoms with Gasteiger partial charge in [-0.3, -0.25) is 4.79 Å². The van der Waals surface area contributed by atoms with E-state index in [0.29, 0.717) is 22.9 Å². The van der Waals surface area contributed by atoms with Crippen LogP contribution in [0.5, 0.6) is 5.75 Å². The van der Waals surface area contributed by atoms with Gasteiger partial charge in [0.1, 0.15) is 0 Å². The number of nitrogens with one attached hydrogen (secondary N) is 1. The van der Waals surface area contributed by atoms with E-state index in [-0.39, 0.29) is 11.8 Å². The standard InChI is InChI=1S/C17H26N2O2/c1-17(2,3)13-9-7-12(8-10-13)16(20)19-15-14(21-4)6-5-11-18-15/h5-6,11-13H,7-10H2,1-4H3,(H,18,19,20). The number of anilines is 1. The van der Waals surface area contributed by atoms with Gasteiger partial charge < -0.3 is 10.1 Å². The Morgan fingerprint density at radius 3 is 2.52 bits per heavy atom. The predicted octanol–water partition coefficient (Wildman–Crippen LogP) is 3.88. The molecule has 0 atom stereocenters. The molecule has 0 aromatic carbocycles. The van der Waals surface area contributed by atoms with Crippen molar-refractivity contribution >= 4 is 11.7 Å². The second kappa shape index (κ2) is 6.46. The molecule has 1 aliphatic carbocycles. The summed E-state index contributed by atoms with van der Waals surface area (Å²) >= 11 is 0. The minimum absolute atomic E-state index is 0.0689. The molecule has 1 aromatic heterocycles. The molecule has 21 heavy (non-hydrogen) atoms. The molecule has 1 aromatic rings. The van der Waals surface area contributed by atoms with E-state index < -0.39 is 0 Å². The van der Waals surface area contributed by atoms with E-state index in [4.69, 9.17) is 4.74 Å². The van der Waals surface area contributed by atoms with Crippen LogP contribution in [0.3, 0.4) is 0 Å². The molecule has 0 unspecified atom stereocenters. The van der Waals surface area contributed by atoms with Crippen molar-refractivity contribution in [3.63, 3.8) is 0 Å². The number of rotatable bonds is 3. The van der Waals surface area contributed by atoms with Gasteiger partial charge in [0.15, 0.2) is 11.6 Å². The number of pyridine rings is 1. The quantitative estimate of drug-likeness (QED) is 0.919. The van der Waals surface area contributed by atoms with Gasteiger partial charge in [-0.1, -0.05) is 20.8 Å².